The van der Waals surface area contributed by atoms with Gasteiger partial charge in [-0.1, -0.05) is 19.8 Å². The molecule has 1 spiro atoms. The minimum Gasteiger partial charge on any atom is -0.456 e. The van der Waals surface area contributed by atoms with Gasteiger partial charge in [-0.2, -0.15) is 0 Å². The molecule has 7 nitrogen and oxygen atoms in total. The van der Waals surface area contributed by atoms with Gasteiger partial charge in [0, 0.05) is 0 Å². The summed E-state index contributed by atoms with van der Waals surface area (Å²) in [6, 6.07) is 2.79. The normalized spacial score (nSPS) is 25.5. The molecule has 140 valence electrons. The van der Waals surface area contributed by atoms with Gasteiger partial charge in [0.15, 0.2) is 6.61 Å². The number of urea groups is 1. The van der Waals surface area contributed by atoms with Crippen LogP contribution in [-0.4, -0.2) is 47.3 Å². The highest BCUT2D eigenvalue weighted by Gasteiger charge is 2.55. The Morgan fingerprint density at radius 1 is 1.38 bits per heavy atom. The number of thiophene rings is 1. The van der Waals surface area contributed by atoms with E-state index in [1.807, 2.05) is 6.92 Å². The lowest BCUT2D eigenvalue weighted by Gasteiger charge is -2.36. The summed E-state index contributed by atoms with van der Waals surface area (Å²) in [7, 11) is 0. The summed E-state index contributed by atoms with van der Waals surface area (Å²) in [5.41, 5.74) is -0.908. The third-order valence-electron chi connectivity index (χ3n) is 5.00. The smallest absolute Gasteiger partial charge is 0.326 e. The summed E-state index contributed by atoms with van der Waals surface area (Å²) in [4.78, 5) is 50.3. The van der Waals surface area contributed by atoms with Crippen molar-refractivity contribution in [2.24, 2.45) is 5.92 Å². The number of hydrogen-bond acceptors (Lipinski definition) is 6. The molecule has 0 bridgehead atoms. The lowest BCUT2D eigenvalue weighted by Crippen LogP contribution is -2.54. The van der Waals surface area contributed by atoms with Crippen molar-refractivity contribution in [3.63, 3.8) is 0 Å². The monoisotopic (exact) mass is 442 g/mol. The lowest BCUT2D eigenvalue weighted by atomic mass is 9.73. The van der Waals surface area contributed by atoms with Crippen molar-refractivity contribution in [1.82, 2.24) is 10.2 Å². The molecule has 1 aliphatic carbocycles. The van der Waals surface area contributed by atoms with Crippen LogP contribution in [0, 0.1) is 5.92 Å². The van der Waals surface area contributed by atoms with Crippen LogP contribution in [0.4, 0.5) is 4.79 Å². The fraction of sp³-hybridized carbons (Fsp3) is 0.529. The minimum absolute atomic E-state index is 0.0209. The van der Waals surface area contributed by atoms with E-state index in [1.165, 1.54) is 11.3 Å². The van der Waals surface area contributed by atoms with Crippen LogP contribution < -0.4 is 5.32 Å². The van der Waals surface area contributed by atoms with Gasteiger partial charge in [-0.25, -0.2) is 4.79 Å². The summed E-state index contributed by atoms with van der Waals surface area (Å²) in [5.74, 6) is -1.46. The number of nitrogens with zero attached hydrogens (tertiary/aromatic N) is 1. The molecule has 2 unspecified atom stereocenters. The third kappa shape index (κ3) is 3.55. The average molecular weight is 443 g/mol. The van der Waals surface area contributed by atoms with Crippen LogP contribution in [0.1, 0.15) is 42.3 Å². The van der Waals surface area contributed by atoms with Crippen molar-refractivity contribution in [2.45, 2.75) is 38.1 Å². The molecule has 1 aromatic heterocycles. The Bertz CT molecular complexity index is 764. The SMILES string of the molecule is CC1CCCCC12NC(=O)N(CC(=O)OCC(=O)c1ccc(Br)s1)C2=O. The highest BCUT2D eigenvalue weighted by molar-refractivity contribution is 9.11. The van der Waals surface area contributed by atoms with Crippen LogP contribution in [0.15, 0.2) is 15.9 Å². The van der Waals surface area contributed by atoms with Crippen LogP contribution in [0.25, 0.3) is 0 Å². The molecule has 2 atom stereocenters. The van der Waals surface area contributed by atoms with E-state index in [2.05, 4.69) is 21.2 Å². The minimum atomic E-state index is -0.908. The Hall–Kier alpha value is -1.74. The number of ether oxygens (including phenoxy) is 1. The quantitative estimate of drug-likeness (QED) is 0.429. The molecular formula is C17H19BrN2O5S. The van der Waals surface area contributed by atoms with Gasteiger partial charge in [0.1, 0.15) is 12.1 Å². The first-order chi connectivity index (χ1) is 12.3. The van der Waals surface area contributed by atoms with Crippen molar-refractivity contribution in [2.75, 3.05) is 13.2 Å². The highest BCUT2D eigenvalue weighted by Crippen LogP contribution is 2.38. The van der Waals surface area contributed by atoms with Gasteiger partial charge in [-0.15, -0.1) is 11.3 Å². The number of amides is 3. The van der Waals surface area contributed by atoms with Gasteiger partial charge in [-0.05, 0) is 46.8 Å². The first kappa shape index (κ1) is 19.0. The maximum Gasteiger partial charge on any atom is 0.326 e. The van der Waals surface area contributed by atoms with E-state index in [1.54, 1.807) is 12.1 Å². The zero-order valence-corrected chi connectivity index (χ0v) is 16.7. The largest absolute Gasteiger partial charge is 0.456 e. The van der Waals surface area contributed by atoms with Gasteiger partial charge < -0.3 is 10.1 Å². The lowest BCUT2D eigenvalue weighted by molar-refractivity contribution is -0.147. The Morgan fingerprint density at radius 2 is 2.15 bits per heavy atom. The number of hydrogen-bond donors (Lipinski definition) is 1. The zero-order valence-electron chi connectivity index (χ0n) is 14.2. The molecule has 1 N–H and O–H groups in total. The number of carbonyl (C=O) groups is 4. The number of halogens is 1. The maximum absolute atomic E-state index is 12.8. The van der Waals surface area contributed by atoms with E-state index in [0.717, 1.165) is 27.9 Å². The Labute approximate surface area is 163 Å². The number of esters is 1. The summed E-state index contributed by atoms with van der Waals surface area (Å²) in [5, 5.41) is 2.78. The second-order valence-corrected chi connectivity index (χ2v) is 9.09. The van der Waals surface area contributed by atoms with Crippen molar-refractivity contribution in [3.8, 4) is 0 Å². The summed E-state index contributed by atoms with van der Waals surface area (Å²) in [6.45, 7) is 1.04. The van der Waals surface area contributed by atoms with Crippen molar-refractivity contribution in [3.05, 3.63) is 20.8 Å². The Balaban J connectivity index is 1.58. The predicted molar refractivity (Wildman–Crippen MR) is 97.9 cm³/mol. The molecule has 3 rings (SSSR count). The molecule has 1 aliphatic heterocycles. The van der Waals surface area contributed by atoms with Crippen LogP contribution in [0.5, 0.6) is 0 Å². The summed E-state index contributed by atoms with van der Waals surface area (Å²) >= 11 is 4.50. The summed E-state index contributed by atoms with van der Waals surface area (Å²) < 4.78 is 5.76. The highest BCUT2D eigenvalue weighted by atomic mass is 79.9. The molecule has 2 heterocycles. The number of carbonyl (C=O) groups excluding carboxylic acids is 4. The van der Waals surface area contributed by atoms with Gasteiger partial charge in [-0.3, -0.25) is 19.3 Å². The van der Waals surface area contributed by atoms with E-state index in [-0.39, 0.29) is 17.6 Å². The third-order valence-corrected chi connectivity index (χ3v) is 6.67. The van der Waals surface area contributed by atoms with E-state index >= 15 is 0 Å². The number of rotatable bonds is 5. The molecule has 0 aromatic carbocycles. The molecule has 9 heteroatoms. The van der Waals surface area contributed by atoms with Gasteiger partial charge in [0.05, 0.1) is 8.66 Å². The number of Topliss-reactive ketones (excluding diaryl/α,β-unsaturated/α-hetero) is 1. The predicted octanol–water partition coefficient (Wildman–Crippen LogP) is 2.74. The van der Waals surface area contributed by atoms with Crippen molar-refractivity contribution >= 4 is 51.0 Å². The van der Waals surface area contributed by atoms with Crippen molar-refractivity contribution < 1.29 is 23.9 Å². The first-order valence-electron chi connectivity index (χ1n) is 8.42. The van der Waals surface area contributed by atoms with E-state index in [0.29, 0.717) is 11.3 Å². The number of nitrogens with one attached hydrogen (secondary N) is 1. The molecule has 0 radical (unpaired) electrons. The van der Waals surface area contributed by atoms with Gasteiger partial charge in [0.2, 0.25) is 5.78 Å². The molecule has 1 saturated heterocycles. The zero-order chi connectivity index (χ0) is 18.9. The fourth-order valence-corrected chi connectivity index (χ4v) is 4.81. The van der Waals surface area contributed by atoms with E-state index in [9.17, 15) is 19.2 Å². The molecule has 1 saturated carbocycles. The molecular weight excluding hydrogens is 424 g/mol. The van der Waals surface area contributed by atoms with Crippen LogP contribution in [-0.2, 0) is 14.3 Å². The number of imide groups is 1. The molecule has 26 heavy (non-hydrogen) atoms. The second kappa shape index (κ2) is 7.48. The molecule has 2 fully saturated rings. The fourth-order valence-electron chi connectivity index (χ4n) is 3.50. The topological polar surface area (TPSA) is 92.8 Å². The standard InChI is InChI=1S/C17H19BrN2O5S/c1-10-4-2-3-7-17(10)15(23)20(16(24)19-17)8-14(22)25-9-11(21)12-5-6-13(18)26-12/h5-6,10H,2-4,7-9H2,1H3,(H,19,24). The van der Waals surface area contributed by atoms with Crippen molar-refractivity contribution in [1.29, 1.82) is 0 Å². The maximum atomic E-state index is 12.8. The Morgan fingerprint density at radius 3 is 2.81 bits per heavy atom. The van der Waals surface area contributed by atoms with Crippen LogP contribution >= 0.6 is 27.3 Å². The molecule has 1 aromatic rings. The first-order valence-corrected chi connectivity index (χ1v) is 10.0. The van der Waals surface area contributed by atoms with Crippen LogP contribution in [0.2, 0.25) is 0 Å². The molecule has 3 amide bonds. The van der Waals surface area contributed by atoms with Gasteiger partial charge >= 0.3 is 12.0 Å². The summed E-state index contributed by atoms with van der Waals surface area (Å²) in [6.07, 6.45) is 3.32. The Kier molecular flexibility index (Phi) is 5.47. The average Bonchev–Trinajstić information content (AvgIpc) is 3.13. The van der Waals surface area contributed by atoms with Gasteiger partial charge in [0.25, 0.3) is 5.91 Å². The molecule has 2 aliphatic rings. The van der Waals surface area contributed by atoms with E-state index < -0.39 is 30.7 Å². The number of ketones is 1. The second-order valence-electron chi connectivity index (χ2n) is 6.63. The van der Waals surface area contributed by atoms with Crippen LogP contribution in [0.3, 0.4) is 0 Å². The van der Waals surface area contributed by atoms with E-state index in [4.69, 9.17) is 4.74 Å².